The Bertz CT molecular complexity index is 1230. The lowest BCUT2D eigenvalue weighted by Crippen LogP contribution is -2.35. The number of amides is 2. The quantitative estimate of drug-likeness (QED) is 0.664. The molecule has 2 aromatic rings. The van der Waals surface area contributed by atoms with Gasteiger partial charge in [0.05, 0.1) is 22.2 Å². The molecule has 0 unspecified atom stereocenters. The van der Waals surface area contributed by atoms with Crippen LogP contribution in [0.4, 0.5) is 11.5 Å². The van der Waals surface area contributed by atoms with Gasteiger partial charge in [0.15, 0.2) is 5.82 Å². The molecule has 2 heterocycles. The zero-order valence-electron chi connectivity index (χ0n) is 18.4. The van der Waals surface area contributed by atoms with E-state index >= 15 is 0 Å². The van der Waals surface area contributed by atoms with E-state index in [9.17, 15) is 18.0 Å². The fraction of sp³-hybridized carbons (Fsp3) is 0.500. The van der Waals surface area contributed by atoms with Crippen LogP contribution < -0.4 is 10.0 Å². The highest BCUT2D eigenvalue weighted by atomic mass is 32.2. The lowest BCUT2D eigenvalue weighted by Gasteiger charge is -2.24. The van der Waals surface area contributed by atoms with Gasteiger partial charge in [0, 0.05) is 38.2 Å². The third-order valence-electron chi connectivity index (χ3n) is 6.53. The van der Waals surface area contributed by atoms with Gasteiger partial charge >= 0.3 is 0 Å². The fourth-order valence-corrected chi connectivity index (χ4v) is 5.85. The summed E-state index contributed by atoms with van der Waals surface area (Å²) >= 11 is 0. The Kier molecular flexibility index (Phi) is 4.81. The van der Waals surface area contributed by atoms with E-state index in [1.54, 1.807) is 23.9 Å². The number of nitrogens with zero attached hydrogens (tertiary/aromatic N) is 3. The van der Waals surface area contributed by atoms with Gasteiger partial charge in [0.25, 0.3) is 5.91 Å². The molecule has 9 nitrogen and oxygen atoms in total. The molecule has 2 N–H and O–H groups in total. The lowest BCUT2D eigenvalue weighted by molar-refractivity contribution is -0.114. The maximum atomic E-state index is 13.3. The number of sulfonamides is 1. The van der Waals surface area contributed by atoms with Gasteiger partial charge in [-0.15, -0.1) is 0 Å². The van der Waals surface area contributed by atoms with Crippen LogP contribution in [0.3, 0.4) is 0 Å². The molecule has 0 spiro atoms. The number of benzene rings is 1. The van der Waals surface area contributed by atoms with Gasteiger partial charge in [-0.3, -0.25) is 19.0 Å². The number of hydrogen-bond donors (Lipinski definition) is 2. The SMILES string of the molecule is CC(=O)Nc1cc(-c2cc3c(c(NS(=O)(=O)C4CC4)c2)C(=O)N([C@@H](C)C2CC2)C3)n(C)n1. The average Bonchev–Trinajstić information content (AvgIpc) is 3.61. The van der Waals surface area contributed by atoms with E-state index < -0.39 is 15.3 Å². The number of fused-ring (bicyclic) bond motifs is 1. The highest BCUT2D eigenvalue weighted by Crippen LogP contribution is 2.42. The predicted octanol–water partition coefficient (Wildman–Crippen LogP) is 2.70. The number of rotatable bonds is 7. The third-order valence-corrected chi connectivity index (χ3v) is 8.38. The molecule has 3 aliphatic rings. The van der Waals surface area contributed by atoms with Crippen LogP contribution >= 0.6 is 0 Å². The Morgan fingerprint density at radius 1 is 1.19 bits per heavy atom. The zero-order chi connectivity index (χ0) is 22.8. The van der Waals surface area contributed by atoms with E-state index in [4.69, 9.17) is 0 Å². The van der Waals surface area contributed by atoms with Crippen molar-refractivity contribution in [3.63, 3.8) is 0 Å². The Labute approximate surface area is 187 Å². The standard InChI is InChI=1S/C22H27N5O4S/c1-12(14-4-5-14)27-11-16-8-15(19-10-20(23-13(2)28)24-26(19)3)9-18(21(16)22(27)29)25-32(30,31)17-6-7-17/h8-10,12,14,17,25H,4-7,11H2,1-3H3,(H,23,24,28)/t12-/m0/s1. The van der Waals surface area contributed by atoms with E-state index in [1.165, 1.54) is 6.92 Å². The minimum Gasteiger partial charge on any atom is -0.331 e. The lowest BCUT2D eigenvalue weighted by atomic mass is 10.0. The highest BCUT2D eigenvalue weighted by molar-refractivity contribution is 7.93. The largest absolute Gasteiger partial charge is 0.331 e. The first-order chi connectivity index (χ1) is 15.1. The summed E-state index contributed by atoms with van der Waals surface area (Å²) in [6.45, 7) is 3.93. The summed E-state index contributed by atoms with van der Waals surface area (Å²) in [6.07, 6.45) is 3.51. The summed E-state index contributed by atoms with van der Waals surface area (Å²) in [7, 11) is -1.79. The topological polar surface area (TPSA) is 113 Å². The van der Waals surface area contributed by atoms with Crippen molar-refractivity contribution in [1.82, 2.24) is 14.7 Å². The molecule has 1 aliphatic heterocycles. The van der Waals surface area contributed by atoms with Gasteiger partial charge in [-0.1, -0.05) is 0 Å². The normalized spacial score (nSPS) is 19.1. The number of carbonyl (C=O) groups is 2. The third kappa shape index (κ3) is 3.76. The van der Waals surface area contributed by atoms with E-state index in [0.717, 1.165) is 24.0 Å². The van der Waals surface area contributed by atoms with E-state index in [-0.39, 0.29) is 17.9 Å². The molecule has 0 saturated heterocycles. The minimum absolute atomic E-state index is 0.120. The number of anilines is 2. The molecule has 1 atom stereocenters. The molecule has 2 amide bonds. The van der Waals surface area contributed by atoms with Crippen molar-refractivity contribution in [1.29, 1.82) is 0 Å². The average molecular weight is 458 g/mol. The van der Waals surface area contributed by atoms with Crippen LogP contribution in [0.2, 0.25) is 0 Å². The summed E-state index contributed by atoms with van der Waals surface area (Å²) in [5, 5.41) is 6.59. The minimum atomic E-state index is -3.55. The summed E-state index contributed by atoms with van der Waals surface area (Å²) < 4.78 is 29.8. The molecule has 0 bridgehead atoms. The molecule has 2 fully saturated rings. The second-order valence-corrected chi connectivity index (χ2v) is 11.1. The van der Waals surface area contributed by atoms with Crippen LogP contribution in [0.15, 0.2) is 18.2 Å². The van der Waals surface area contributed by atoms with Crippen LogP contribution in [0.1, 0.15) is 55.5 Å². The van der Waals surface area contributed by atoms with Crippen molar-refractivity contribution < 1.29 is 18.0 Å². The number of aromatic nitrogens is 2. The Balaban J connectivity index is 1.58. The van der Waals surface area contributed by atoms with Gasteiger partial charge in [-0.05, 0) is 56.2 Å². The molecule has 2 aliphatic carbocycles. The van der Waals surface area contributed by atoms with Gasteiger partial charge in [0.1, 0.15) is 0 Å². The zero-order valence-corrected chi connectivity index (χ0v) is 19.2. The first-order valence-electron chi connectivity index (χ1n) is 11.0. The summed E-state index contributed by atoms with van der Waals surface area (Å²) in [5.74, 6) is 0.576. The van der Waals surface area contributed by atoms with Crippen molar-refractivity contribution in [2.75, 3.05) is 10.0 Å². The molecule has 32 heavy (non-hydrogen) atoms. The summed E-state index contributed by atoms with van der Waals surface area (Å²) in [4.78, 5) is 26.6. The monoisotopic (exact) mass is 457 g/mol. The van der Waals surface area contributed by atoms with Crippen LogP contribution in [0, 0.1) is 5.92 Å². The van der Waals surface area contributed by atoms with Gasteiger partial charge < -0.3 is 10.2 Å². The molecule has 10 heteroatoms. The number of aryl methyl sites for hydroxylation is 1. The van der Waals surface area contributed by atoms with Crippen LogP contribution in [-0.2, 0) is 28.4 Å². The number of hydrogen-bond acceptors (Lipinski definition) is 5. The van der Waals surface area contributed by atoms with Crippen LogP contribution in [-0.4, -0.2) is 46.2 Å². The molecular formula is C22H27N5O4S. The number of carbonyl (C=O) groups excluding carboxylic acids is 2. The van der Waals surface area contributed by atoms with Gasteiger partial charge in [-0.25, -0.2) is 8.42 Å². The van der Waals surface area contributed by atoms with Crippen molar-refractivity contribution in [3.05, 3.63) is 29.3 Å². The molecular weight excluding hydrogens is 430 g/mol. The van der Waals surface area contributed by atoms with Crippen molar-refractivity contribution in [3.8, 4) is 11.3 Å². The smallest absolute Gasteiger partial charge is 0.256 e. The first-order valence-corrected chi connectivity index (χ1v) is 12.5. The fourth-order valence-electron chi connectivity index (χ4n) is 4.46. The first kappa shape index (κ1) is 21.0. The van der Waals surface area contributed by atoms with E-state index in [2.05, 4.69) is 22.1 Å². The predicted molar refractivity (Wildman–Crippen MR) is 121 cm³/mol. The molecule has 1 aromatic heterocycles. The molecule has 5 rings (SSSR count). The summed E-state index contributed by atoms with van der Waals surface area (Å²) in [5.41, 5.74) is 3.01. The number of nitrogens with one attached hydrogen (secondary N) is 2. The Hall–Kier alpha value is -2.88. The second-order valence-electron chi connectivity index (χ2n) is 9.14. The maximum Gasteiger partial charge on any atom is 0.256 e. The van der Waals surface area contributed by atoms with Crippen LogP contribution in [0.25, 0.3) is 11.3 Å². The Morgan fingerprint density at radius 3 is 2.53 bits per heavy atom. The Morgan fingerprint density at radius 2 is 1.91 bits per heavy atom. The van der Waals surface area contributed by atoms with Crippen molar-refractivity contribution >= 4 is 33.3 Å². The molecule has 1 aromatic carbocycles. The maximum absolute atomic E-state index is 13.3. The van der Waals surface area contributed by atoms with Crippen LogP contribution in [0.5, 0.6) is 0 Å². The second kappa shape index (κ2) is 7.33. The van der Waals surface area contributed by atoms with E-state index in [1.807, 2.05) is 11.0 Å². The molecule has 0 radical (unpaired) electrons. The molecule has 2 saturated carbocycles. The summed E-state index contributed by atoms with van der Waals surface area (Å²) in [6, 6.07) is 5.49. The molecule has 170 valence electrons. The highest BCUT2D eigenvalue weighted by Gasteiger charge is 2.41. The van der Waals surface area contributed by atoms with Gasteiger partial charge in [-0.2, -0.15) is 5.10 Å². The van der Waals surface area contributed by atoms with Crippen molar-refractivity contribution in [2.24, 2.45) is 13.0 Å². The van der Waals surface area contributed by atoms with Crippen molar-refractivity contribution in [2.45, 2.75) is 57.4 Å². The van der Waals surface area contributed by atoms with Gasteiger partial charge in [0.2, 0.25) is 15.9 Å². The van der Waals surface area contributed by atoms with E-state index in [0.29, 0.717) is 48.1 Å².